The number of para-hydroxylation sites is 8. The molecule has 586 valence electrons. The first-order chi connectivity index (χ1) is 61.2. The maximum atomic E-state index is 7.82. The minimum absolute atomic E-state index is 0.773. The van der Waals surface area contributed by atoms with Crippen molar-refractivity contribution in [3.05, 3.63) is 423 Å². The van der Waals surface area contributed by atoms with Crippen LogP contribution in [0.1, 0.15) is 22.3 Å². The zero-order valence-electron chi connectivity index (χ0n) is 68.5. The van der Waals surface area contributed by atoms with Crippen molar-refractivity contribution in [2.24, 2.45) is 0 Å². The number of hydrogen-bond donors (Lipinski definition) is 0. The first kappa shape index (κ1) is 71.9. The van der Waals surface area contributed by atoms with Crippen LogP contribution in [0.15, 0.2) is 418 Å². The van der Waals surface area contributed by atoms with Crippen LogP contribution in [0.3, 0.4) is 0 Å². The van der Waals surface area contributed by atoms with E-state index in [1.54, 1.807) is 0 Å². The molecule has 0 saturated heterocycles. The third-order valence-corrected chi connectivity index (χ3v) is 25.4. The van der Waals surface area contributed by atoms with Gasteiger partial charge in [-0.3, -0.25) is 0 Å². The number of fused-ring (bicyclic) bond motifs is 20. The van der Waals surface area contributed by atoms with E-state index in [1.807, 2.05) is 0 Å². The summed E-state index contributed by atoms with van der Waals surface area (Å²) in [5, 5.41) is 17.2. The van der Waals surface area contributed by atoms with Gasteiger partial charge in [-0.15, -0.1) is 0 Å². The summed E-state index contributed by atoms with van der Waals surface area (Å²) in [5.41, 5.74) is 29.4. The van der Waals surface area contributed by atoms with Crippen molar-refractivity contribution in [3.8, 4) is 33.4 Å². The molecule has 0 atom stereocenters. The Kier molecular flexibility index (Phi) is 16.7. The molecule has 0 amide bonds. The Morgan fingerprint density at radius 1 is 0.169 bits per heavy atom. The van der Waals surface area contributed by atoms with Crippen LogP contribution in [0.4, 0.5) is 68.2 Å². The molecule has 124 heavy (non-hydrogen) atoms. The van der Waals surface area contributed by atoms with Crippen molar-refractivity contribution in [3.63, 3.8) is 0 Å². The van der Waals surface area contributed by atoms with Crippen LogP contribution in [-0.4, -0.2) is 0 Å². The number of nitrogens with zero attached hydrogens (tertiary/aromatic N) is 4. The normalized spacial score (nSPS) is 11.9. The highest BCUT2D eigenvalue weighted by Crippen LogP contribution is 2.55. The summed E-state index contributed by atoms with van der Waals surface area (Å²) >= 11 is 0. The van der Waals surface area contributed by atoms with Crippen molar-refractivity contribution in [2.75, 3.05) is 19.6 Å². The molecule has 0 spiro atoms. The van der Waals surface area contributed by atoms with E-state index >= 15 is 0 Å². The van der Waals surface area contributed by atoms with Gasteiger partial charge in [0, 0.05) is 99.7 Å². The third-order valence-electron chi connectivity index (χ3n) is 25.4. The highest BCUT2D eigenvalue weighted by Gasteiger charge is 2.31. The van der Waals surface area contributed by atoms with Crippen LogP contribution in [-0.2, 0) is 0 Å². The molecule has 0 aliphatic carbocycles. The maximum absolute atomic E-state index is 7.82. The monoisotopic (exact) mass is 1590 g/mol. The molecule has 8 nitrogen and oxygen atoms in total. The Hall–Kier alpha value is -16.2. The van der Waals surface area contributed by atoms with E-state index < -0.39 is 0 Å². The van der Waals surface area contributed by atoms with Crippen molar-refractivity contribution in [1.29, 1.82) is 0 Å². The van der Waals surface area contributed by atoms with E-state index in [0.29, 0.717) is 0 Å². The van der Waals surface area contributed by atoms with Gasteiger partial charge in [-0.25, -0.2) is 0 Å². The second-order valence-electron chi connectivity index (χ2n) is 32.7. The molecule has 0 fully saturated rings. The molecular formula is C116H78N4O4. The standard InChI is InChI=1S/C116H78N4O4/c1-71-30-14-20-44-87(71)93-48-27-49-94-95-50-28-54-101(113(95)122-111(93)94)117(81-37-8-5-9-38-81)85-58-60-91-78(65-85)56-62-105-107(91)108-92-61-59-86(66-79(92)57-63-106(108)121-105)118(82-39-10-6-11-40-82)102-55-29-51-96-98-68-80(67-97(112(98)123-114(96)102)88-45-21-15-31-72(88)2)75-36-26-43-84(64-75)120(100-53-25-17-33-74(100)4)104-70-77-35-19-23-47-90(77)110-109-89-46-22-18-34-76(89)69-103(115(109)124-116(104)110)119(83-41-12-7-13-42-83)99-52-24-16-32-73(99)3/h5-70H,1-4H3. The first-order valence-corrected chi connectivity index (χ1v) is 42.4. The van der Waals surface area contributed by atoms with Gasteiger partial charge in [0.15, 0.2) is 22.3 Å². The number of benzene rings is 20. The number of aryl methyl sites for hydroxylation is 4. The van der Waals surface area contributed by atoms with E-state index in [0.717, 1.165) is 249 Å². The second kappa shape index (κ2) is 28.8. The molecule has 0 aliphatic heterocycles. The van der Waals surface area contributed by atoms with E-state index in [4.69, 9.17) is 17.7 Å². The molecule has 0 saturated carbocycles. The summed E-state index contributed by atoms with van der Waals surface area (Å²) in [5.74, 6) is 0. The summed E-state index contributed by atoms with van der Waals surface area (Å²) in [6, 6.07) is 144. The lowest BCUT2D eigenvalue weighted by atomic mass is 9.93. The second-order valence-corrected chi connectivity index (χ2v) is 32.7. The summed E-state index contributed by atoms with van der Waals surface area (Å²) in [6.45, 7) is 8.75. The van der Waals surface area contributed by atoms with Crippen LogP contribution in [0, 0.1) is 27.7 Å². The maximum Gasteiger partial charge on any atom is 0.160 e. The summed E-state index contributed by atoms with van der Waals surface area (Å²) in [6.07, 6.45) is 0. The molecule has 20 aromatic carbocycles. The first-order valence-electron chi connectivity index (χ1n) is 42.4. The minimum atomic E-state index is 0.773. The van der Waals surface area contributed by atoms with Crippen LogP contribution in [0.2, 0.25) is 0 Å². The molecule has 0 unspecified atom stereocenters. The lowest BCUT2D eigenvalue weighted by molar-refractivity contribution is 0.669. The van der Waals surface area contributed by atoms with E-state index in [-0.39, 0.29) is 0 Å². The molecule has 0 bridgehead atoms. The fourth-order valence-corrected chi connectivity index (χ4v) is 19.7. The summed E-state index contributed by atoms with van der Waals surface area (Å²) in [4.78, 5) is 9.47. The van der Waals surface area contributed by atoms with Gasteiger partial charge in [-0.1, -0.05) is 267 Å². The van der Waals surface area contributed by atoms with E-state index in [9.17, 15) is 0 Å². The molecule has 4 aromatic heterocycles. The fourth-order valence-electron chi connectivity index (χ4n) is 19.7. The Balaban J connectivity index is 0.646. The Bertz CT molecular complexity index is 8470. The van der Waals surface area contributed by atoms with Crippen molar-refractivity contribution < 1.29 is 17.7 Å². The van der Waals surface area contributed by atoms with Crippen LogP contribution in [0.25, 0.3) is 164 Å². The van der Waals surface area contributed by atoms with Crippen molar-refractivity contribution in [2.45, 2.75) is 27.7 Å². The van der Waals surface area contributed by atoms with Crippen LogP contribution >= 0.6 is 0 Å². The topological polar surface area (TPSA) is 65.5 Å². The summed E-state index contributed by atoms with van der Waals surface area (Å²) < 4.78 is 29.4. The zero-order valence-corrected chi connectivity index (χ0v) is 68.5. The molecular weight excluding hydrogens is 1510 g/mol. The molecule has 0 radical (unpaired) electrons. The highest BCUT2D eigenvalue weighted by atomic mass is 16.3. The molecule has 8 heteroatoms. The van der Waals surface area contributed by atoms with Gasteiger partial charge in [0.1, 0.15) is 22.3 Å². The van der Waals surface area contributed by atoms with Crippen molar-refractivity contribution in [1.82, 2.24) is 0 Å². The number of hydrogen-bond acceptors (Lipinski definition) is 8. The van der Waals surface area contributed by atoms with Gasteiger partial charge < -0.3 is 37.3 Å². The lowest BCUT2D eigenvalue weighted by Crippen LogP contribution is -2.12. The fraction of sp³-hybridized carbons (Fsp3) is 0.0345. The minimum Gasteiger partial charge on any atom is -0.456 e. The number of anilines is 12. The number of rotatable bonds is 15. The number of furan rings is 4. The average molecular weight is 1590 g/mol. The van der Waals surface area contributed by atoms with Crippen LogP contribution in [0.5, 0.6) is 0 Å². The average Bonchev–Trinajstić information content (AvgIpc) is 1.54. The Labute approximate surface area is 715 Å². The third kappa shape index (κ3) is 11.5. The van der Waals surface area contributed by atoms with Gasteiger partial charge in [0.2, 0.25) is 0 Å². The Morgan fingerprint density at radius 3 is 1.06 bits per heavy atom. The molecule has 4 heterocycles. The van der Waals surface area contributed by atoms with E-state index in [1.165, 1.54) is 5.56 Å². The van der Waals surface area contributed by atoms with Gasteiger partial charge in [0.05, 0.1) is 22.7 Å². The molecule has 24 rings (SSSR count). The van der Waals surface area contributed by atoms with Gasteiger partial charge >= 0.3 is 0 Å². The zero-order chi connectivity index (χ0) is 82.4. The predicted molar refractivity (Wildman–Crippen MR) is 520 cm³/mol. The lowest BCUT2D eigenvalue weighted by Gasteiger charge is -2.28. The van der Waals surface area contributed by atoms with Gasteiger partial charge in [0.25, 0.3) is 0 Å². The molecule has 0 aliphatic rings. The van der Waals surface area contributed by atoms with Crippen LogP contribution < -0.4 is 19.6 Å². The SMILES string of the molecule is Cc1ccccc1-c1cccc2c1oc1c(N(c3ccccc3)c3ccc4c(ccc5oc6ccc7cc(N(c8ccccc8)c8cccc9c8oc8c(-c%10ccccc%10C)cc(-c%10cccc(N(c%11ccccc%11C)c%11cc%12ccccc%12c%12c%11oc%11c(N(c%13ccccc%13)c%13ccccc%13C)cc%13ccccc%13c%11%12)c%10)cc89)ccc7c6c54)c3)cccc12. The highest BCUT2D eigenvalue weighted by molar-refractivity contribution is 6.32. The predicted octanol–water partition coefficient (Wildman–Crippen LogP) is 34.0. The molecule has 24 aromatic rings. The van der Waals surface area contributed by atoms with Gasteiger partial charge in [-0.2, -0.15) is 0 Å². The van der Waals surface area contributed by atoms with Crippen molar-refractivity contribution >= 4 is 199 Å². The Morgan fingerprint density at radius 2 is 0.532 bits per heavy atom. The van der Waals surface area contributed by atoms with Gasteiger partial charge in [-0.05, 0) is 249 Å². The smallest absolute Gasteiger partial charge is 0.160 e. The van der Waals surface area contributed by atoms with E-state index in [2.05, 4.69) is 448 Å². The summed E-state index contributed by atoms with van der Waals surface area (Å²) in [7, 11) is 0. The molecule has 0 N–H and O–H groups in total. The quantitative estimate of drug-likeness (QED) is 0.101. The largest absolute Gasteiger partial charge is 0.456 e.